The van der Waals surface area contributed by atoms with Crippen molar-refractivity contribution in [3.63, 3.8) is 0 Å². The molecule has 0 fully saturated rings. The first-order valence-electron chi connectivity index (χ1n) is 5.22. The molecule has 0 aliphatic rings. The van der Waals surface area contributed by atoms with Crippen molar-refractivity contribution in [1.82, 2.24) is 5.32 Å². The standard InChI is InChI=1S/C12H16BrNO3/c1-12(2,3)17-11(16)14-7-8-4-5-9(13)6-10(8)15/h4-6,15H,7H2,1-3H3,(H,14,16). The van der Waals surface area contributed by atoms with Crippen molar-refractivity contribution in [3.8, 4) is 5.75 Å². The van der Waals surface area contributed by atoms with Crippen LogP contribution in [0.25, 0.3) is 0 Å². The number of benzene rings is 1. The topological polar surface area (TPSA) is 58.6 Å². The van der Waals surface area contributed by atoms with Gasteiger partial charge in [-0.25, -0.2) is 4.79 Å². The first kappa shape index (κ1) is 13.8. The molecule has 0 bridgehead atoms. The van der Waals surface area contributed by atoms with Crippen molar-refractivity contribution < 1.29 is 14.6 Å². The number of hydrogen-bond donors (Lipinski definition) is 2. The second-order valence-corrected chi connectivity index (χ2v) is 5.54. The molecule has 0 aromatic heterocycles. The summed E-state index contributed by atoms with van der Waals surface area (Å²) in [6.07, 6.45) is -0.500. The van der Waals surface area contributed by atoms with Crippen LogP contribution in [-0.4, -0.2) is 16.8 Å². The maximum atomic E-state index is 11.4. The van der Waals surface area contributed by atoms with Crippen molar-refractivity contribution in [2.75, 3.05) is 0 Å². The number of carbonyl (C=O) groups is 1. The monoisotopic (exact) mass is 301 g/mol. The Labute approximate surface area is 109 Å². The number of phenols is 1. The molecule has 0 atom stereocenters. The fourth-order valence-corrected chi connectivity index (χ4v) is 1.52. The van der Waals surface area contributed by atoms with E-state index in [1.54, 1.807) is 39.0 Å². The van der Waals surface area contributed by atoms with E-state index in [1.807, 2.05) is 0 Å². The van der Waals surface area contributed by atoms with Crippen molar-refractivity contribution in [2.45, 2.75) is 32.9 Å². The van der Waals surface area contributed by atoms with Gasteiger partial charge in [-0.1, -0.05) is 22.0 Å². The van der Waals surface area contributed by atoms with Crippen molar-refractivity contribution in [3.05, 3.63) is 28.2 Å². The Morgan fingerprint density at radius 2 is 2.12 bits per heavy atom. The molecular formula is C12H16BrNO3. The average Bonchev–Trinajstić information content (AvgIpc) is 2.13. The predicted octanol–water partition coefficient (Wildman–Crippen LogP) is 3.18. The number of hydrogen-bond acceptors (Lipinski definition) is 3. The van der Waals surface area contributed by atoms with Gasteiger partial charge in [0, 0.05) is 16.6 Å². The largest absolute Gasteiger partial charge is 0.508 e. The predicted molar refractivity (Wildman–Crippen MR) is 68.9 cm³/mol. The number of halogens is 1. The number of alkyl carbamates (subject to hydrolysis) is 1. The second kappa shape index (κ2) is 5.40. The number of rotatable bonds is 2. The molecule has 0 aliphatic carbocycles. The van der Waals surface area contributed by atoms with E-state index >= 15 is 0 Å². The highest BCUT2D eigenvalue weighted by Crippen LogP contribution is 2.22. The van der Waals surface area contributed by atoms with Crippen molar-refractivity contribution in [1.29, 1.82) is 0 Å². The Kier molecular flexibility index (Phi) is 4.40. The minimum Gasteiger partial charge on any atom is -0.508 e. The van der Waals surface area contributed by atoms with Crippen LogP contribution < -0.4 is 5.32 Å². The summed E-state index contributed by atoms with van der Waals surface area (Å²) in [6.45, 7) is 5.62. The van der Waals surface area contributed by atoms with Crippen LogP contribution in [0.5, 0.6) is 5.75 Å². The van der Waals surface area contributed by atoms with Gasteiger partial charge < -0.3 is 15.2 Å². The summed E-state index contributed by atoms with van der Waals surface area (Å²) >= 11 is 3.24. The lowest BCUT2D eigenvalue weighted by molar-refractivity contribution is 0.0523. The van der Waals surface area contributed by atoms with E-state index < -0.39 is 11.7 Å². The van der Waals surface area contributed by atoms with E-state index in [0.717, 1.165) is 4.47 Å². The van der Waals surface area contributed by atoms with Crippen LogP contribution in [0, 0.1) is 0 Å². The molecule has 1 amide bonds. The Morgan fingerprint density at radius 3 is 2.65 bits per heavy atom. The molecule has 0 aliphatic heterocycles. The van der Waals surface area contributed by atoms with E-state index in [4.69, 9.17) is 4.74 Å². The SMILES string of the molecule is CC(C)(C)OC(=O)NCc1ccc(Br)cc1O. The first-order chi connectivity index (χ1) is 7.78. The van der Waals surface area contributed by atoms with Crippen LogP contribution in [0.3, 0.4) is 0 Å². The van der Waals surface area contributed by atoms with Gasteiger partial charge in [-0.05, 0) is 32.9 Å². The van der Waals surface area contributed by atoms with Gasteiger partial charge in [0.1, 0.15) is 11.4 Å². The van der Waals surface area contributed by atoms with Crippen LogP contribution in [0.1, 0.15) is 26.3 Å². The van der Waals surface area contributed by atoms with Gasteiger partial charge in [0.2, 0.25) is 0 Å². The summed E-state index contributed by atoms with van der Waals surface area (Å²) in [6, 6.07) is 5.11. The number of nitrogens with one attached hydrogen (secondary N) is 1. The Bertz CT molecular complexity index is 413. The highest BCUT2D eigenvalue weighted by Gasteiger charge is 2.16. The summed E-state index contributed by atoms with van der Waals surface area (Å²) in [4.78, 5) is 11.4. The van der Waals surface area contributed by atoms with E-state index in [9.17, 15) is 9.90 Å². The Morgan fingerprint density at radius 1 is 1.47 bits per heavy atom. The van der Waals surface area contributed by atoms with Gasteiger partial charge in [-0.2, -0.15) is 0 Å². The van der Waals surface area contributed by atoms with Gasteiger partial charge >= 0.3 is 6.09 Å². The molecule has 0 saturated heterocycles. The fraction of sp³-hybridized carbons (Fsp3) is 0.417. The fourth-order valence-electron chi connectivity index (χ4n) is 1.17. The quantitative estimate of drug-likeness (QED) is 0.882. The molecule has 1 rings (SSSR count). The minimum absolute atomic E-state index is 0.135. The van der Waals surface area contributed by atoms with Crippen LogP contribution in [0.4, 0.5) is 4.79 Å². The molecule has 5 heteroatoms. The molecule has 0 spiro atoms. The Hall–Kier alpha value is -1.23. The van der Waals surface area contributed by atoms with Crippen LogP contribution in [-0.2, 0) is 11.3 Å². The molecule has 4 nitrogen and oxygen atoms in total. The maximum absolute atomic E-state index is 11.4. The molecule has 1 aromatic carbocycles. The van der Waals surface area contributed by atoms with Gasteiger partial charge in [0.15, 0.2) is 0 Å². The van der Waals surface area contributed by atoms with Gasteiger partial charge in [0.05, 0.1) is 0 Å². The smallest absolute Gasteiger partial charge is 0.407 e. The molecule has 0 saturated carbocycles. The zero-order valence-corrected chi connectivity index (χ0v) is 11.7. The minimum atomic E-state index is -0.522. The van der Waals surface area contributed by atoms with Crippen LogP contribution in [0.15, 0.2) is 22.7 Å². The van der Waals surface area contributed by atoms with E-state index in [-0.39, 0.29) is 12.3 Å². The number of ether oxygens (including phenoxy) is 1. The van der Waals surface area contributed by atoms with Crippen molar-refractivity contribution >= 4 is 22.0 Å². The lowest BCUT2D eigenvalue weighted by Crippen LogP contribution is -2.32. The third kappa shape index (κ3) is 5.08. The Balaban J connectivity index is 2.53. The van der Waals surface area contributed by atoms with E-state index in [1.165, 1.54) is 0 Å². The molecule has 17 heavy (non-hydrogen) atoms. The molecule has 0 unspecified atom stereocenters. The number of amides is 1. The van der Waals surface area contributed by atoms with Crippen LogP contribution in [0.2, 0.25) is 0 Å². The third-order valence-corrected chi connectivity index (χ3v) is 2.36. The summed E-state index contributed by atoms with van der Waals surface area (Å²) in [5, 5.41) is 12.2. The maximum Gasteiger partial charge on any atom is 0.407 e. The zero-order valence-electron chi connectivity index (χ0n) is 10.1. The molecular weight excluding hydrogens is 286 g/mol. The lowest BCUT2D eigenvalue weighted by Gasteiger charge is -2.19. The number of aromatic hydroxyl groups is 1. The van der Waals surface area contributed by atoms with Gasteiger partial charge in [-0.3, -0.25) is 0 Å². The zero-order chi connectivity index (χ0) is 13.1. The first-order valence-corrected chi connectivity index (χ1v) is 6.01. The van der Waals surface area contributed by atoms with E-state index in [2.05, 4.69) is 21.2 Å². The molecule has 1 aromatic rings. The summed E-state index contributed by atoms with van der Waals surface area (Å²) in [5.41, 5.74) is 0.116. The normalized spacial score (nSPS) is 11.1. The highest BCUT2D eigenvalue weighted by molar-refractivity contribution is 9.10. The molecule has 2 N–H and O–H groups in total. The second-order valence-electron chi connectivity index (χ2n) is 4.63. The third-order valence-electron chi connectivity index (χ3n) is 1.87. The molecule has 94 valence electrons. The lowest BCUT2D eigenvalue weighted by atomic mass is 10.2. The number of carbonyl (C=O) groups excluding carboxylic acids is 1. The number of phenolic OH excluding ortho intramolecular Hbond substituents is 1. The molecule has 0 heterocycles. The van der Waals surface area contributed by atoms with E-state index in [0.29, 0.717) is 5.56 Å². The van der Waals surface area contributed by atoms with Gasteiger partial charge in [-0.15, -0.1) is 0 Å². The van der Waals surface area contributed by atoms with Gasteiger partial charge in [0.25, 0.3) is 0 Å². The van der Waals surface area contributed by atoms with Crippen molar-refractivity contribution in [2.24, 2.45) is 0 Å². The summed E-state index contributed by atoms with van der Waals surface area (Å²) < 4.78 is 5.87. The average molecular weight is 302 g/mol. The summed E-state index contributed by atoms with van der Waals surface area (Å²) in [5.74, 6) is 0.135. The summed E-state index contributed by atoms with van der Waals surface area (Å²) in [7, 11) is 0. The highest BCUT2D eigenvalue weighted by atomic mass is 79.9. The molecule has 0 radical (unpaired) electrons. The van der Waals surface area contributed by atoms with Crippen LogP contribution >= 0.6 is 15.9 Å².